The fourth-order valence-corrected chi connectivity index (χ4v) is 2.90. The molecule has 0 aliphatic carbocycles. The van der Waals surface area contributed by atoms with Gasteiger partial charge in [-0.25, -0.2) is 9.97 Å². The third kappa shape index (κ3) is 6.74. The monoisotopic (exact) mass is 421 g/mol. The van der Waals surface area contributed by atoms with Crippen LogP contribution >= 0.6 is 0 Å². The maximum atomic E-state index is 12.7. The smallest absolute Gasteiger partial charge is 0.416 e. The van der Waals surface area contributed by atoms with Gasteiger partial charge >= 0.3 is 6.18 Å². The molecule has 9 heteroatoms. The first kappa shape index (κ1) is 24.9. The molecule has 1 aliphatic rings. The summed E-state index contributed by atoms with van der Waals surface area (Å²) < 4.78 is 38.1. The second-order valence-electron chi connectivity index (χ2n) is 6.61. The molecule has 0 amide bonds. The lowest BCUT2D eigenvalue weighted by Gasteiger charge is -2.13. The Morgan fingerprint density at radius 1 is 1.23 bits per heavy atom. The highest BCUT2D eigenvalue weighted by atomic mass is 19.4. The summed E-state index contributed by atoms with van der Waals surface area (Å²) in [6.07, 6.45) is 9.02. The maximum Gasteiger partial charge on any atom is 0.416 e. The highest BCUT2D eigenvalue weighted by molar-refractivity contribution is 5.84. The van der Waals surface area contributed by atoms with Crippen molar-refractivity contribution in [2.24, 2.45) is 4.99 Å². The number of aryl methyl sites for hydroxylation is 1. The summed E-state index contributed by atoms with van der Waals surface area (Å²) in [7, 11) is 3.72. The molecule has 0 saturated carbocycles. The summed E-state index contributed by atoms with van der Waals surface area (Å²) in [4.78, 5) is 14.2. The number of hydrogen-bond donors (Lipinski definition) is 2. The van der Waals surface area contributed by atoms with Crippen LogP contribution in [0.5, 0.6) is 5.75 Å². The molecule has 3 N–H and O–H groups in total. The number of anilines is 1. The summed E-state index contributed by atoms with van der Waals surface area (Å²) in [6.45, 7) is 4.09. The van der Waals surface area contributed by atoms with Crippen LogP contribution in [0.1, 0.15) is 29.7 Å². The number of nitrogens with zero attached hydrogens (tertiary/aromatic N) is 4. The highest BCUT2D eigenvalue weighted by Crippen LogP contribution is 2.38. The number of aliphatic imine (C=N–C) groups is 1. The van der Waals surface area contributed by atoms with Gasteiger partial charge in [0.25, 0.3) is 0 Å². The Hall–Kier alpha value is -3.12. The van der Waals surface area contributed by atoms with E-state index in [1.165, 1.54) is 45.3 Å². The number of nitrogens with two attached hydrogens (primary N) is 1. The predicted molar refractivity (Wildman–Crippen MR) is 113 cm³/mol. The largest absolute Gasteiger partial charge is 0.507 e. The molecule has 0 radical (unpaired) electrons. The van der Waals surface area contributed by atoms with Crippen LogP contribution in [0.4, 0.5) is 19.0 Å². The van der Waals surface area contributed by atoms with Gasteiger partial charge in [-0.15, -0.1) is 12.8 Å². The maximum absolute atomic E-state index is 12.7. The van der Waals surface area contributed by atoms with Crippen molar-refractivity contribution >= 4 is 12.0 Å². The van der Waals surface area contributed by atoms with Crippen molar-refractivity contribution in [3.8, 4) is 29.9 Å². The van der Waals surface area contributed by atoms with Gasteiger partial charge in [-0.1, -0.05) is 0 Å². The number of phenolic OH excluding ortho intramolecular Hbond substituents is 1. The van der Waals surface area contributed by atoms with Gasteiger partial charge in [0.05, 0.1) is 23.7 Å². The van der Waals surface area contributed by atoms with Gasteiger partial charge in [0.2, 0.25) is 0 Å². The van der Waals surface area contributed by atoms with Gasteiger partial charge in [-0.3, -0.25) is 4.99 Å². The van der Waals surface area contributed by atoms with Crippen molar-refractivity contribution < 1.29 is 18.3 Å². The Labute approximate surface area is 174 Å². The van der Waals surface area contributed by atoms with Gasteiger partial charge in [0, 0.05) is 12.6 Å². The minimum absolute atomic E-state index is 0.0711. The summed E-state index contributed by atoms with van der Waals surface area (Å²) in [5.74, 6) is -0.459. The van der Waals surface area contributed by atoms with Crippen LogP contribution in [0.25, 0.3) is 11.3 Å². The van der Waals surface area contributed by atoms with Crippen LogP contribution in [0.3, 0.4) is 0 Å². The standard InChI is InChI=1S/C14H13F3N4O.C5H11N.C2H2/c1-7-3-8(14(15,16)17)4-11(22)12(7)9-6-20-10(5-19-2)13(18)21-9;1-6-4-2-3-5-6;1-2/h3-6,22H,1-2H3,(H2,18,21);2-5H2,1H3;1-2H. The van der Waals surface area contributed by atoms with Crippen molar-refractivity contribution in [1.82, 2.24) is 14.9 Å². The molecule has 0 spiro atoms. The molecule has 0 atom stereocenters. The second-order valence-corrected chi connectivity index (χ2v) is 6.61. The van der Waals surface area contributed by atoms with Gasteiger partial charge < -0.3 is 15.7 Å². The average molecular weight is 421 g/mol. The zero-order chi connectivity index (χ0) is 22.9. The Bertz CT molecular complexity index is 865. The van der Waals surface area contributed by atoms with Crippen LogP contribution in [0.2, 0.25) is 0 Å². The number of hydrogen-bond acceptors (Lipinski definition) is 6. The number of alkyl halides is 3. The van der Waals surface area contributed by atoms with Crippen LogP contribution < -0.4 is 5.73 Å². The van der Waals surface area contributed by atoms with Crippen LogP contribution in [-0.2, 0) is 6.18 Å². The molecule has 1 aromatic carbocycles. The zero-order valence-electron chi connectivity index (χ0n) is 17.2. The summed E-state index contributed by atoms with van der Waals surface area (Å²) >= 11 is 0. The van der Waals surface area contributed by atoms with E-state index in [1.807, 2.05) is 0 Å². The molecule has 2 aromatic rings. The molecule has 6 nitrogen and oxygen atoms in total. The van der Waals surface area contributed by atoms with E-state index in [0.717, 1.165) is 6.07 Å². The molecule has 1 aromatic heterocycles. The van der Waals surface area contributed by atoms with E-state index in [4.69, 9.17) is 5.73 Å². The minimum atomic E-state index is -4.53. The number of aromatic nitrogens is 2. The van der Waals surface area contributed by atoms with Crippen molar-refractivity contribution in [3.05, 3.63) is 35.2 Å². The van der Waals surface area contributed by atoms with Gasteiger partial charge in [-0.2, -0.15) is 13.2 Å². The first-order valence-electron chi connectivity index (χ1n) is 9.11. The summed E-state index contributed by atoms with van der Waals surface area (Å²) in [6, 6.07) is 1.59. The number of phenols is 1. The van der Waals surface area contributed by atoms with Crippen LogP contribution in [0.15, 0.2) is 23.3 Å². The van der Waals surface area contributed by atoms with Crippen molar-refractivity contribution in [2.45, 2.75) is 25.9 Å². The quantitative estimate of drug-likeness (QED) is 0.569. The van der Waals surface area contributed by atoms with E-state index in [2.05, 4.69) is 39.8 Å². The predicted octanol–water partition coefficient (Wildman–Crippen LogP) is 3.77. The average Bonchev–Trinajstić information content (AvgIpc) is 3.16. The molecule has 3 rings (SSSR count). The lowest BCUT2D eigenvalue weighted by atomic mass is 10.0. The number of likely N-dealkylation sites (tertiary alicyclic amines) is 1. The van der Waals surface area contributed by atoms with E-state index < -0.39 is 17.5 Å². The number of halogens is 3. The fourth-order valence-electron chi connectivity index (χ4n) is 2.90. The lowest BCUT2D eigenvalue weighted by Crippen LogP contribution is -2.10. The number of benzene rings is 1. The molecular weight excluding hydrogens is 395 g/mol. The molecule has 162 valence electrons. The normalized spacial score (nSPS) is 14.0. The van der Waals surface area contributed by atoms with Crippen LogP contribution in [0, 0.1) is 19.8 Å². The van der Waals surface area contributed by atoms with Crippen molar-refractivity contribution in [1.29, 1.82) is 0 Å². The molecular formula is C21H26F3N5O. The highest BCUT2D eigenvalue weighted by Gasteiger charge is 2.32. The Balaban J connectivity index is 0.000000474. The first-order valence-corrected chi connectivity index (χ1v) is 9.11. The number of nitrogen functional groups attached to an aromatic ring is 1. The molecule has 2 heterocycles. The van der Waals surface area contributed by atoms with E-state index in [-0.39, 0.29) is 22.6 Å². The van der Waals surface area contributed by atoms with Gasteiger partial charge in [0.1, 0.15) is 11.4 Å². The molecule has 1 aliphatic heterocycles. The van der Waals surface area contributed by atoms with E-state index >= 15 is 0 Å². The number of aromatic hydroxyl groups is 1. The lowest BCUT2D eigenvalue weighted by molar-refractivity contribution is -0.137. The van der Waals surface area contributed by atoms with E-state index in [1.54, 1.807) is 7.05 Å². The SMILES string of the molecule is C#C.CN1CCCC1.CN=Cc1ncc(-c2c(C)cc(C(F)(F)F)cc2O)nc1N. The molecule has 1 fully saturated rings. The van der Waals surface area contributed by atoms with Gasteiger partial charge in [-0.05, 0) is 57.6 Å². The third-order valence-electron chi connectivity index (χ3n) is 4.31. The molecule has 0 unspecified atom stereocenters. The van der Waals surface area contributed by atoms with Gasteiger partial charge in [0.15, 0.2) is 5.82 Å². The number of rotatable bonds is 2. The topological polar surface area (TPSA) is 87.6 Å². The second kappa shape index (κ2) is 11.2. The van der Waals surface area contributed by atoms with Crippen LogP contribution in [-0.4, -0.2) is 53.4 Å². The molecule has 30 heavy (non-hydrogen) atoms. The minimum Gasteiger partial charge on any atom is -0.507 e. The number of terminal acetylenes is 1. The molecule has 0 bridgehead atoms. The Kier molecular flexibility index (Phi) is 9.27. The van der Waals surface area contributed by atoms with E-state index in [0.29, 0.717) is 11.8 Å². The first-order chi connectivity index (χ1) is 14.1. The van der Waals surface area contributed by atoms with Crippen molar-refractivity contribution in [2.75, 3.05) is 32.9 Å². The van der Waals surface area contributed by atoms with Crippen molar-refractivity contribution in [3.63, 3.8) is 0 Å². The third-order valence-corrected chi connectivity index (χ3v) is 4.31. The Morgan fingerprint density at radius 2 is 1.83 bits per heavy atom. The zero-order valence-corrected chi connectivity index (χ0v) is 17.2. The fraction of sp³-hybridized carbons (Fsp3) is 0.381. The summed E-state index contributed by atoms with van der Waals surface area (Å²) in [5, 5.41) is 9.92. The Morgan fingerprint density at radius 3 is 2.23 bits per heavy atom. The van der Waals surface area contributed by atoms with E-state index in [9.17, 15) is 18.3 Å². The molecule has 1 saturated heterocycles. The summed E-state index contributed by atoms with van der Waals surface area (Å²) in [5.41, 5.74) is 5.70.